The van der Waals surface area contributed by atoms with E-state index in [9.17, 15) is 9.59 Å². The first-order valence-electron chi connectivity index (χ1n) is 13.0. The molecule has 37 heavy (non-hydrogen) atoms. The Hall–Kier alpha value is -3.80. The molecule has 0 spiro atoms. The quantitative estimate of drug-likeness (QED) is 0.399. The molecular formula is C31H36N2O4. The zero-order valence-electron chi connectivity index (χ0n) is 21.7. The molecule has 1 N–H and O–H groups in total. The smallest absolute Gasteiger partial charge is 0.261 e. The Morgan fingerprint density at radius 3 is 2.19 bits per heavy atom. The molecule has 2 amide bonds. The molecule has 1 aliphatic rings. The summed E-state index contributed by atoms with van der Waals surface area (Å²) in [5.41, 5.74) is 3.12. The van der Waals surface area contributed by atoms with Gasteiger partial charge in [-0.15, -0.1) is 0 Å². The molecule has 1 fully saturated rings. The van der Waals surface area contributed by atoms with Gasteiger partial charge in [0.05, 0.1) is 7.11 Å². The Morgan fingerprint density at radius 2 is 1.54 bits per heavy atom. The fourth-order valence-electron chi connectivity index (χ4n) is 4.71. The summed E-state index contributed by atoms with van der Waals surface area (Å²) in [6, 6.07) is 24.6. The lowest BCUT2D eigenvalue weighted by Gasteiger charge is -2.32. The molecule has 0 radical (unpaired) electrons. The molecule has 1 saturated carbocycles. The Balaban J connectivity index is 1.58. The number of nitrogens with one attached hydrogen (secondary N) is 1. The number of rotatable bonds is 11. The number of ether oxygens (including phenoxy) is 2. The van der Waals surface area contributed by atoms with Crippen LogP contribution in [0.2, 0.25) is 0 Å². The molecule has 0 aromatic heterocycles. The van der Waals surface area contributed by atoms with Crippen molar-refractivity contribution in [1.82, 2.24) is 10.2 Å². The van der Waals surface area contributed by atoms with Crippen molar-refractivity contribution in [2.45, 2.75) is 57.7 Å². The highest BCUT2D eigenvalue weighted by molar-refractivity contribution is 5.88. The van der Waals surface area contributed by atoms with Gasteiger partial charge < -0.3 is 19.7 Å². The first-order valence-corrected chi connectivity index (χ1v) is 13.0. The van der Waals surface area contributed by atoms with Crippen LogP contribution in [0, 0.1) is 6.92 Å². The summed E-state index contributed by atoms with van der Waals surface area (Å²) in [4.78, 5) is 29.0. The lowest BCUT2D eigenvalue weighted by molar-refractivity contribution is -0.143. The number of carbonyl (C=O) groups excluding carboxylic acids is 2. The average molecular weight is 501 g/mol. The van der Waals surface area contributed by atoms with E-state index < -0.39 is 6.04 Å². The van der Waals surface area contributed by atoms with E-state index in [2.05, 4.69) is 5.32 Å². The summed E-state index contributed by atoms with van der Waals surface area (Å²) in [5, 5.41) is 3.23. The summed E-state index contributed by atoms with van der Waals surface area (Å²) >= 11 is 0. The van der Waals surface area contributed by atoms with Crippen LogP contribution in [-0.4, -0.2) is 42.5 Å². The van der Waals surface area contributed by atoms with Crippen molar-refractivity contribution in [3.8, 4) is 11.5 Å². The van der Waals surface area contributed by atoms with Gasteiger partial charge in [-0.2, -0.15) is 0 Å². The van der Waals surface area contributed by atoms with Crippen molar-refractivity contribution in [2.75, 3.05) is 13.7 Å². The van der Waals surface area contributed by atoms with Crippen LogP contribution in [0.15, 0.2) is 78.9 Å². The predicted octanol–water partition coefficient (Wildman–Crippen LogP) is 5.08. The highest BCUT2D eigenvalue weighted by Crippen LogP contribution is 2.21. The van der Waals surface area contributed by atoms with E-state index in [1.165, 1.54) is 0 Å². The molecule has 0 unspecified atom stereocenters. The molecule has 3 aromatic rings. The standard InChI is InChI=1S/C31H36N2O4/c1-23-12-14-25(15-13-23)21-33(30(34)22-37-28-18-16-27(36-2)17-19-28)29(20-24-8-4-3-5-9-24)31(35)32-26-10-6-7-11-26/h3-5,8-9,12-19,26,29H,6-7,10-11,20-22H2,1-2H3,(H,32,35)/t29-/m1/s1. The second-order valence-corrected chi connectivity index (χ2v) is 9.67. The normalized spacial score (nSPS) is 14.1. The molecule has 0 saturated heterocycles. The number of carbonyl (C=O) groups is 2. The number of hydrogen-bond acceptors (Lipinski definition) is 4. The maximum absolute atomic E-state index is 13.7. The van der Waals surface area contributed by atoms with E-state index in [-0.39, 0.29) is 24.5 Å². The van der Waals surface area contributed by atoms with Gasteiger partial charge in [0.2, 0.25) is 5.91 Å². The molecule has 194 valence electrons. The molecule has 6 nitrogen and oxygen atoms in total. The van der Waals surface area contributed by atoms with Crippen molar-refractivity contribution in [1.29, 1.82) is 0 Å². The number of methoxy groups -OCH3 is 1. The van der Waals surface area contributed by atoms with Crippen molar-refractivity contribution in [3.63, 3.8) is 0 Å². The fraction of sp³-hybridized carbons (Fsp3) is 0.355. The lowest BCUT2D eigenvalue weighted by atomic mass is 10.0. The Kier molecular flexibility index (Phi) is 9.19. The van der Waals surface area contributed by atoms with Gasteiger partial charge in [0.1, 0.15) is 17.5 Å². The number of aryl methyl sites for hydroxylation is 1. The maximum Gasteiger partial charge on any atom is 0.261 e. The SMILES string of the molecule is COc1ccc(OCC(=O)N(Cc2ccc(C)cc2)[C@H](Cc2ccccc2)C(=O)NC2CCCC2)cc1. The van der Waals surface area contributed by atoms with Crippen molar-refractivity contribution in [3.05, 3.63) is 95.6 Å². The molecule has 0 bridgehead atoms. The van der Waals surface area contributed by atoms with Gasteiger partial charge in [-0.1, -0.05) is 73.0 Å². The third-order valence-corrected chi connectivity index (χ3v) is 6.87. The first kappa shape index (κ1) is 26.3. The molecular weight excluding hydrogens is 464 g/mol. The fourth-order valence-corrected chi connectivity index (χ4v) is 4.71. The molecule has 1 aliphatic carbocycles. The van der Waals surface area contributed by atoms with Crippen molar-refractivity contribution < 1.29 is 19.1 Å². The summed E-state index contributed by atoms with van der Waals surface area (Å²) in [5.74, 6) is 0.935. The van der Waals surface area contributed by atoms with Gasteiger partial charge in [-0.05, 0) is 55.2 Å². The molecule has 1 atom stereocenters. The summed E-state index contributed by atoms with van der Waals surface area (Å²) in [6.07, 6.45) is 4.64. The van der Waals surface area contributed by atoms with Crippen molar-refractivity contribution >= 4 is 11.8 Å². The minimum absolute atomic E-state index is 0.110. The third-order valence-electron chi connectivity index (χ3n) is 6.87. The second kappa shape index (κ2) is 12.9. The second-order valence-electron chi connectivity index (χ2n) is 9.67. The Labute approximate surface area is 219 Å². The van der Waals surface area contributed by atoms with Crippen LogP contribution in [0.3, 0.4) is 0 Å². The number of amides is 2. The third kappa shape index (κ3) is 7.59. The van der Waals surface area contributed by atoms with Crippen LogP contribution in [-0.2, 0) is 22.6 Å². The van der Waals surface area contributed by atoms with E-state index in [0.29, 0.717) is 24.5 Å². The van der Waals surface area contributed by atoms with Crippen LogP contribution in [0.4, 0.5) is 0 Å². The molecule has 3 aromatic carbocycles. The maximum atomic E-state index is 13.7. The van der Waals surface area contributed by atoms with Crippen LogP contribution in [0.25, 0.3) is 0 Å². The summed E-state index contributed by atoms with van der Waals surface area (Å²) in [6.45, 7) is 2.18. The Bertz CT molecular complexity index is 1140. The van der Waals surface area contributed by atoms with Crippen LogP contribution >= 0.6 is 0 Å². The average Bonchev–Trinajstić information content (AvgIpc) is 3.44. The minimum Gasteiger partial charge on any atom is -0.497 e. The largest absolute Gasteiger partial charge is 0.497 e. The van der Waals surface area contributed by atoms with E-state index in [1.807, 2.05) is 61.5 Å². The van der Waals surface area contributed by atoms with E-state index in [0.717, 1.165) is 42.4 Å². The van der Waals surface area contributed by atoms with E-state index in [1.54, 1.807) is 36.3 Å². The number of benzene rings is 3. The molecule has 0 aliphatic heterocycles. The summed E-state index contributed by atoms with van der Waals surface area (Å²) in [7, 11) is 1.60. The van der Waals surface area contributed by atoms with Crippen LogP contribution in [0.1, 0.15) is 42.4 Å². The van der Waals surface area contributed by atoms with Crippen LogP contribution in [0.5, 0.6) is 11.5 Å². The minimum atomic E-state index is -0.656. The lowest BCUT2D eigenvalue weighted by Crippen LogP contribution is -2.53. The predicted molar refractivity (Wildman–Crippen MR) is 145 cm³/mol. The van der Waals surface area contributed by atoms with Crippen molar-refractivity contribution in [2.24, 2.45) is 0 Å². The Morgan fingerprint density at radius 1 is 0.892 bits per heavy atom. The summed E-state index contributed by atoms with van der Waals surface area (Å²) < 4.78 is 11.0. The highest BCUT2D eigenvalue weighted by Gasteiger charge is 2.32. The van der Waals surface area contributed by atoms with Gasteiger partial charge in [0.25, 0.3) is 5.91 Å². The van der Waals surface area contributed by atoms with Gasteiger partial charge in [-0.25, -0.2) is 0 Å². The number of hydrogen-bond donors (Lipinski definition) is 1. The molecule has 4 rings (SSSR count). The van der Waals surface area contributed by atoms with Gasteiger partial charge in [-0.3, -0.25) is 9.59 Å². The van der Waals surface area contributed by atoms with Gasteiger partial charge in [0.15, 0.2) is 6.61 Å². The number of nitrogens with zero attached hydrogens (tertiary/aromatic N) is 1. The zero-order chi connectivity index (χ0) is 26.0. The van der Waals surface area contributed by atoms with E-state index in [4.69, 9.17) is 9.47 Å². The van der Waals surface area contributed by atoms with E-state index >= 15 is 0 Å². The molecule has 0 heterocycles. The van der Waals surface area contributed by atoms with Crippen LogP contribution < -0.4 is 14.8 Å². The zero-order valence-corrected chi connectivity index (χ0v) is 21.7. The monoisotopic (exact) mass is 500 g/mol. The highest BCUT2D eigenvalue weighted by atomic mass is 16.5. The topological polar surface area (TPSA) is 67.9 Å². The van der Waals surface area contributed by atoms with Gasteiger partial charge >= 0.3 is 0 Å². The first-order chi connectivity index (χ1) is 18.0. The molecule has 6 heteroatoms. The van der Waals surface area contributed by atoms with Gasteiger partial charge in [0, 0.05) is 19.0 Å².